The standard InChI is InChI=1S/C17H26N2O2S/c1-12-8-5-6-9-13(12)18-15(22)14-10-7-11-19(14)16(20)21-17(2,3)4/h6,9,14H,5,7-8,10-11H2,1-4H3,(H,18,22). The van der Waals surface area contributed by atoms with Crippen molar-refractivity contribution in [3.05, 3.63) is 23.4 Å². The molecule has 0 aromatic heterocycles. The van der Waals surface area contributed by atoms with Crippen molar-refractivity contribution in [1.29, 1.82) is 0 Å². The molecule has 4 nitrogen and oxygen atoms in total. The van der Waals surface area contributed by atoms with Crippen LogP contribution in [0, 0.1) is 0 Å². The molecule has 0 spiro atoms. The molecule has 0 bridgehead atoms. The zero-order valence-electron chi connectivity index (χ0n) is 13.9. The van der Waals surface area contributed by atoms with E-state index in [0.29, 0.717) is 11.5 Å². The predicted molar refractivity (Wildman–Crippen MR) is 92.8 cm³/mol. The number of allylic oxidation sites excluding steroid dienone is 3. The Labute approximate surface area is 138 Å². The molecule has 1 amide bonds. The van der Waals surface area contributed by atoms with Crippen LogP contribution < -0.4 is 5.32 Å². The van der Waals surface area contributed by atoms with Gasteiger partial charge in [-0.1, -0.05) is 18.3 Å². The third-order valence-corrected chi connectivity index (χ3v) is 4.25. The SMILES string of the molecule is CC1=C(NC(=S)C2CCCN2C(=O)OC(C)(C)C)C=CCC1. The third-order valence-electron chi connectivity index (χ3n) is 3.87. The summed E-state index contributed by atoms with van der Waals surface area (Å²) in [4.78, 5) is 14.8. The van der Waals surface area contributed by atoms with Crippen molar-refractivity contribution in [2.75, 3.05) is 6.54 Å². The summed E-state index contributed by atoms with van der Waals surface area (Å²) in [6, 6.07) is -0.0690. The average Bonchev–Trinajstić information content (AvgIpc) is 2.89. The summed E-state index contributed by atoms with van der Waals surface area (Å²) in [5.41, 5.74) is 1.91. The molecule has 1 atom stereocenters. The first kappa shape index (κ1) is 17.0. The molecule has 1 N–H and O–H groups in total. The molecule has 2 aliphatic rings. The number of rotatable bonds is 2. The average molecular weight is 322 g/mol. The van der Waals surface area contributed by atoms with Gasteiger partial charge in [0, 0.05) is 12.2 Å². The molecule has 22 heavy (non-hydrogen) atoms. The molecule has 0 saturated carbocycles. The molecule has 1 unspecified atom stereocenters. The lowest BCUT2D eigenvalue weighted by molar-refractivity contribution is 0.0266. The molecule has 122 valence electrons. The summed E-state index contributed by atoms with van der Waals surface area (Å²) in [5.74, 6) is 0. The van der Waals surface area contributed by atoms with Crippen molar-refractivity contribution >= 4 is 23.3 Å². The Morgan fingerprint density at radius 3 is 2.82 bits per heavy atom. The van der Waals surface area contributed by atoms with Crippen molar-refractivity contribution in [3.8, 4) is 0 Å². The van der Waals surface area contributed by atoms with Crippen LogP contribution in [0.3, 0.4) is 0 Å². The molecule has 1 aliphatic heterocycles. The zero-order chi connectivity index (χ0) is 16.3. The van der Waals surface area contributed by atoms with Crippen LogP contribution in [0.25, 0.3) is 0 Å². The second-order valence-corrected chi connectivity index (χ2v) is 7.40. The van der Waals surface area contributed by atoms with E-state index >= 15 is 0 Å². The minimum Gasteiger partial charge on any atom is -0.444 e. The van der Waals surface area contributed by atoms with Crippen molar-refractivity contribution in [2.45, 2.75) is 65.0 Å². The van der Waals surface area contributed by atoms with Crippen LogP contribution in [0.2, 0.25) is 0 Å². The summed E-state index contributed by atoms with van der Waals surface area (Å²) < 4.78 is 5.49. The van der Waals surface area contributed by atoms with Gasteiger partial charge in [-0.25, -0.2) is 4.79 Å². The van der Waals surface area contributed by atoms with E-state index in [-0.39, 0.29) is 12.1 Å². The number of nitrogens with one attached hydrogen (secondary N) is 1. The summed E-state index contributed by atoms with van der Waals surface area (Å²) in [7, 11) is 0. The monoisotopic (exact) mass is 322 g/mol. The number of nitrogens with zero attached hydrogens (tertiary/aromatic N) is 1. The maximum Gasteiger partial charge on any atom is 0.410 e. The minimum atomic E-state index is -0.482. The van der Waals surface area contributed by atoms with Crippen LogP contribution in [0.5, 0.6) is 0 Å². The first-order chi connectivity index (χ1) is 10.3. The van der Waals surface area contributed by atoms with Crippen molar-refractivity contribution < 1.29 is 9.53 Å². The highest BCUT2D eigenvalue weighted by molar-refractivity contribution is 7.80. The topological polar surface area (TPSA) is 41.6 Å². The summed E-state index contributed by atoms with van der Waals surface area (Å²) in [5, 5.41) is 3.33. The van der Waals surface area contributed by atoms with Crippen LogP contribution >= 0.6 is 12.2 Å². The van der Waals surface area contributed by atoms with Crippen molar-refractivity contribution in [2.24, 2.45) is 0 Å². The van der Waals surface area contributed by atoms with E-state index in [2.05, 4.69) is 24.4 Å². The van der Waals surface area contributed by atoms with E-state index in [1.54, 1.807) is 4.90 Å². The number of likely N-dealkylation sites (tertiary alicyclic amines) is 1. The molecule has 1 heterocycles. The molecule has 1 saturated heterocycles. The van der Waals surface area contributed by atoms with Gasteiger partial charge >= 0.3 is 6.09 Å². The van der Waals surface area contributed by atoms with E-state index < -0.39 is 5.60 Å². The lowest BCUT2D eigenvalue weighted by atomic mass is 10.0. The highest BCUT2D eigenvalue weighted by Crippen LogP contribution is 2.23. The van der Waals surface area contributed by atoms with Gasteiger partial charge < -0.3 is 10.1 Å². The number of thiocarbonyl (C=S) groups is 1. The Morgan fingerprint density at radius 1 is 1.45 bits per heavy atom. The second-order valence-electron chi connectivity index (χ2n) is 6.96. The summed E-state index contributed by atoms with van der Waals surface area (Å²) in [6.07, 6.45) is 7.94. The summed E-state index contributed by atoms with van der Waals surface area (Å²) >= 11 is 5.56. The third kappa shape index (κ3) is 4.32. The van der Waals surface area contributed by atoms with Crippen LogP contribution in [-0.4, -0.2) is 34.2 Å². The smallest absolute Gasteiger partial charge is 0.410 e. The molecular formula is C17H26N2O2S. The molecule has 0 aromatic rings. The van der Waals surface area contributed by atoms with Gasteiger partial charge in [0.25, 0.3) is 0 Å². The Bertz CT molecular complexity index is 517. The van der Waals surface area contributed by atoms with E-state index in [9.17, 15) is 4.79 Å². The maximum absolute atomic E-state index is 12.3. The Balaban J connectivity index is 2.02. The summed E-state index contributed by atoms with van der Waals surface area (Å²) in [6.45, 7) is 8.47. The molecule has 0 aromatic carbocycles. The van der Waals surface area contributed by atoms with Gasteiger partial charge in [0.1, 0.15) is 10.6 Å². The fourth-order valence-corrected chi connectivity index (χ4v) is 3.08. The van der Waals surface area contributed by atoms with Gasteiger partial charge in [-0.3, -0.25) is 4.90 Å². The second kappa shape index (κ2) is 6.82. The number of carbonyl (C=O) groups excluding carboxylic acids is 1. The van der Waals surface area contributed by atoms with Crippen molar-refractivity contribution in [1.82, 2.24) is 10.2 Å². The number of ether oxygens (including phenoxy) is 1. The molecule has 1 aliphatic carbocycles. The maximum atomic E-state index is 12.3. The predicted octanol–water partition coefficient (Wildman–Crippen LogP) is 3.93. The van der Waals surface area contributed by atoms with Gasteiger partial charge in [0.05, 0.1) is 6.04 Å². The van der Waals surface area contributed by atoms with Crippen LogP contribution in [0.4, 0.5) is 4.79 Å². The van der Waals surface area contributed by atoms with Crippen LogP contribution in [0.15, 0.2) is 23.4 Å². The molecule has 1 fully saturated rings. The van der Waals surface area contributed by atoms with Gasteiger partial charge in [0.15, 0.2) is 0 Å². The van der Waals surface area contributed by atoms with Gasteiger partial charge in [-0.2, -0.15) is 0 Å². The zero-order valence-corrected chi connectivity index (χ0v) is 14.8. The largest absolute Gasteiger partial charge is 0.444 e. The quantitative estimate of drug-likeness (QED) is 0.782. The highest BCUT2D eigenvalue weighted by Gasteiger charge is 2.34. The van der Waals surface area contributed by atoms with E-state index in [1.807, 2.05) is 20.8 Å². The number of amides is 1. The number of hydrogen-bond donors (Lipinski definition) is 1. The van der Waals surface area contributed by atoms with Crippen LogP contribution in [0.1, 0.15) is 53.4 Å². The van der Waals surface area contributed by atoms with Gasteiger partial charge in [0.2, 0.25) is 0 Å². The fourth-order valence-electron chi connectivity index (χ4n) is 2.72. The van der Waals surface area contributed by atoms with E-state index in [4.69, 9.17) is 17.0 Å². The normalized spacial score (nSPS) is 22.0. The van der Waals surface area contributed by atoms with Gasteiger partial charge in [-0.05, 0) is 65.0 Å². The fraction of sp³-hybridized carbons (Fsp3) is 0.647. The molecule has 5 heteroatoms. The molecule has 0 radical (unpaired) electrons. The molecule has 2 rings (SSSR count). The van der Waals surface area contributed by atoms with Gasteiger partial charge in [-0.15, -0.1) is 0 Å². The number of hydrogen-bond acceptors (Lipinski definition) is 3. The highest BCUT2D eigenvalue weighted by atomic mass is 32.1. The Hall–Kier alpha value is -1.36. The minimum absolute atomic E-state index is 0.0690. The Kier molecular flexibility index (Phi) is 5.27. The lowest BCUT2D eigenvalue weighted by Crippen LogP contribution is -2.46. The lowest BCUT2D eigenvalue weighted by Gasteiger charge is -2.29. The molecular weight excluding hydrogens is 296 g/mol. The van der Waals surface area contributed by atoms with E-state index in [1.165, 1.54) is 5.57 Å². The first-order valence-corrected chi connectivity index (χ1v) is 8.35. The Morgan fingerprint density at radius 2 is 2.18 bits per heavy atom. The van der Waals surface area contributed by atoms with E-state index in [0.717, 1.165) is 31.4 Å². The van der Waals surface area contributed by atoms with Crippen molar-refractivity contribution in [3.63, 3.8) is 0 Å². The first-order valence-electron chi connectivity index (χ1n) is 7.95. The number of carbonyl (C=O) groups is 1. The van der Waals surface area contributed by atoms with Crippen LogP contribution in [-0.2, 0) is 4.74 Å².